The van der Waals surface area contributed by atoms with Gasteiger partial charge in [-0.05, 0) is 31.2 Å². The molecule has 3 heterocycles. The molecule has 1 aromatic rings. The van der Waals surface area contributed by atoms with Gasteiger partial charge in [-0.15, -0.1) is 24.9 Å². The van der Waals surface area contributed by atoms with Crippen molar-refractivity contribution in [3.63, 3.8) is 0 Å². The Morgan fingerprint density at radius 3 is 2.50 bits per heavy atom. The van der Waals surface area contributed by atoms with Crippen molar-refractivity contribution in [3.8, 4) is 0 Å². The van der Waals surface area contributed by atoms with Gasteiger partial charge in [0.25, 0.3) is 0 Å². The van der Waals surface area contributed by atoms with Crippen molar-refractivity contribution < 1.29 is 19.5 Å². The number of nitrogens with zero attached hydrogens (tertiary/aromatic N) is 3. The third-order valence-electron chi connectivity index (χ3n) is 8.28. The van der Waals surface area contributed by atoms with E-state index in [1.807, 2.05) is 35.2 Å². The van der Waals surface area contributed by atoms with E-state index < -0.39 is 22.6 Å². The number of amides is 3. The highest BCUT2D eigenvalue weighted by atomic mass is 32.2. The Kier molecular flexibility index (Phi) is 9.36. The molecule has 4 rings (SSSR count). The Bertz CT molecular complexity index is 1030. The van der Waals surface area contributed by atoms with Crippen molar-refractivity contribution in [2.24, 2.45) is 11.8 Å². The van der Waals surface area contributed by atoms with Gasteiger partial charge < -0.3 is 19.8 Å². The number of carbonyl (C=O) groups excluding carboxylic acids is 3. The first-order chi connectivity index (χ1) is 18.4. The Balaban J connectivity index is 1.66. The number of benzene rings is 1. The molecule has 3 fully saturated rings. The maximum absolute atomic E-state index is 14.4. The second-order valence-electron chi connectivity index (χ2n) is 10.7. The summed E-state index contributed by atoms with van der Waals surface area (Å²) in [4.78, 5) is 47.4. The lowest BCUT2D eigenvalue weighted by Crippen LogP contribution is -2.54. The van der Waals surface area contributed by atoms with Gasteiger partial charge in [0.2, 0.25) is 17.7 Å². The number of hydrogen-bond acceptors (Lipinski definition) is 5. The third kappa shape index (κ3) is 5.30. The van der Waals surface area contributed by atoms with Gasteiger partial charge in [0.05, 0.1) is 16.6 Å². The standard InChI is InChI=1S/C30H41N3O4S/c1-4-17-31(3)27(35)24-23-15-16-30(38-23)25(24)28(36)33(19-11-6-7-12-20-34)26(30)29(37)32(18-5-2)21-22-13-9-8-10-14-22/h4-5,8-10,13-14,23-26,34H,1-2,6-7,11-12,15-21H2,3H3/t23-,24+,25-,26?,30?/m0/s1. The number of fused-ring (bicyclic) bond motifs is 1. The topological polar surface area (TPSA) is 81.2 Å². The van der Waals surface area contributed by atoms with Crippen molar-refractivity contribution in [2.75, 3.05) is 33.3 Å². The second kappa shape index (κ2) is 12.5. The van der Waals surface area contributed by atoms with Crippen molar-refractivity contribution in [1.82, 2.24) is 14.7 Å². The molecule has 0 aliphatic carbocycles. The Labute approximate surface area is 230 Å². The molecule has 0 aromatic heterocycles. The lowest BCUT2D eigenvalue weighted by molar-refractivity contribution is -0.144. The van der Waals surface area contributed by atoms with Crippen LogP contribution in [0.4, 0.5) is 0 Å². The summed E-state index contributed by atoms with van der Waals surface area (Å²) in [5.74, 6) is -1.03. The number of likely N-dealkylation sites (tertiary alicyclic amines) is 1. The van der Waals surface area contributed by atoms with E-state index in [1.165, 1.54) is 0 Å². The van der Waals surface area contributed by atoms with E-state index >= 15 is 0 Å². The average Bonchev–Trinajstić information content (AvgIpc) is 3.56. The largest absolute Gasteiger partial charge is 0.396 e. The van der Waals surface area contributed by atoms with Crippen LogP contribution in [0.15, 0.2) is 55.6 Å². The van der Waals surface area contributed by atoms with Crippen LogP contribution in [0.25, 0.3) is 0 Å². The molecule has 3 saturated heterocycles. The first-order valence-corrected chi connectivity index (χ1v) is 14.7. The van der Waals surface area contributed by atoms with E-state index in [4.69, 9.17) is 5.11 Å². The Morgan fingerprint density at radius 2 is 1.82 bits per heavy atom. The molecule has 38 heavy (non-hydrogen) atoms. The number of unbranched alkanes of at least 4 members (excludes halogenated alkanes) is 3. The van der Waals surface area contributed by atoms with Gasteiger partial charge in [-0.1, -0.05) is 55.3 Å². The minimum atomic E-state index is -0.598. The van der Waals surface area contributed by atoms with Crippen LogP contribution in [-0.4, -0.2) is 86.9 Å². The van der Waals surface area contributed by atoms with Gasteiger partial charge in [-0.3, -0.25) is 14.4 Å². The normalized spacial score (nSPS) is 27.3. The monoisotopic (exact) mass is 539 g/mol. The van der Waals surface area contributed by atoms with E-state index in [1.54, 1.807) is 40.8 Å². The van der Waals surface area contributed by atoms with Crippen molar-refractivity contribution in [2.45, 2.75) is 61.1 Å². The lowest BCUT2D eigenvalue weighted by Gasteiger charge is -2.37. The van der Waals surface area contributed by atoms with E-state index in [2.05, 4.69) is 13.2 Å². The molecule has 5 atom stereocenters. The summed E-state index contributed by atoms with van der Waals surface area (Å²) in [5, 5.41) is 9.19. The zero-order valence-corrected chi connectivity index (χ0v) is 23.3. The molecule has 0 radical (unpaired) electrons. The molecule has 2 bridgehead atoms. The van der Waals surface area contributed by atoms with E-state index in [0.29, 0.717) is 26.2 Å². The predicted octanol–water partition coefficient (Wildman–Crippen LogP) is 3.49. The van der Waals surface area contributed by atoms with Crippen molar-refractivity contribution >= 4 is 29.5 Å². The Morgan fingerprint density at radius 1 is 1.11 bits per heavy atom. The van der Waals surface area contributed by atoms with E-state index in [0.717, 1.165) is 44.1 Å². The first kappa shape index (κ1) is 28.4. The molecule has 1 aromatic carbocycles. The fourth-order valence-electron chi connectivity index (χ4n) is 6.61. The molecule has 7 nitrogen and oxygen atoms in total. The molecule has 3 aliphatic rings. The summed E-state index contributed by atoms with van der Waals surface area (Å²) in [5.41, 5.74) is 1.03. The maximum Gasteiger partial charge on any atom is 0.247 e. The minimum absolute atomic E-state index is 0.0226. The van der Waals surface area contributed by atoms with Crippen LogP contribution >= 0.6 is 11.8 Å². The van der Waals surface area contributed by atoms with Crippen LogP contribution in [-0.2, 0) is 20.9 Å². The summed E-state index contributed by atoms with van der Waals surface area (Å²) in [7, 11) is 1.76. The highest BCUT2D eigenvalue weighted by molar-refractivity contribution is 8.02. The number of carbonyl (C=O) groups is 3. The fourth-order valence-corrected chi connectivity index (χ4v) is 8.81. The molecule has 3 aliphatic heterocycles. The van der Waals surface area contributed by atoms with E-state index in [-0.39, 0.29) is 29.6 Å². The molecular weight excluding hydrogens is 498 g/mol. The summed E-state index contributed by atoms with van der Waals surface area (Å²) in [6, 6.07) is 9.28. The lowest BCUT2D eigenvalue weighted by atomic mass is 9.70. The average molecular weight is 540 g/mol. The highest BCUT2D eigenvalue weighted by Gasteiger charge is 2.73. The third-order valence-corrected chi connectivity index (χ3v) is 10.2. The van der Waals surface area contributed by atoms with Gasteiger partial charge in [0.1, 0.15) is 6.04 Å². The zero-order chi connectivity index (χ0) is 27.3. The van der Waals surface area contributed by atoms with Crippen LogP contribution < -0.4 is 0 Å². The van der Waals surface area contributed by atoms with Gasteiger partial charge in [-0.25, -0.2) is 0 Å². The van der Waals surface area contributed by atoms with E-state index in [9.17, 15) is 14.4 Å². The number of aliphatic hydroxyl groups is 1. The quantitative estimate of drug-likeness (QED) is 0.289. The van der Waals surface area contributed by atoms with Gasteiger partial charge >= 0.3 is 0 Å². The number of likely N-dealkylation sites (N-methyl/N-ethyl adjacent to an activating group) is 1. The molecule has 1 spiro atoms. The summed E-state index contributed by atoms with van der Waals surface area (Å²) in [6.45, 7) is 9.56. The molecule has 1 N–H and O–H groups in total. The van der Waals surface area contributed by atoms with Crippen LogP contribution in [0.3, 0.4) is 0 Å². The summed E-state index contributed by atoms with van der Waals surface area (Å²) in [6.07, 6.45) is 8.29. The van der Waals surface area contributed by atoms with Crippen LogP contribution in [0.1, 0.15) is 44.1 Å². The Hall–Kier alpha value is -2.58. The fraction of sp³-hybridized carbons (Fsp3) is 0.567. The molecule has 2 unspecified atom stereocenters. The second-order valence-corrected chi connectivity index (χ2v) is 12.3. The van der Waals surface area contributed by atoms with Crippen LogP contribution in [0.5, 0.6) is 0 Å². The number of thioether (sulfide) groups is 1. The molecule has 206 valence electrons. The molecular formula is C30H41N3O4S. The van der Waals surface area contributed by atoms with Crippen molar-refractivity contribution in [3.05, 3.63) is 61.2 Å². The van der Waals surface area contributed by atoms with Crippen molar-refractivity contribution in [1.29, 1.82) is 0 Å². The molecule has 0 saturated carbocycles. The van der Waals surface area contributed by atoms with Gasteiger partial charge in [0.15, 0.2) is 0 Å². The first-order valence-electron chi connectivity index (χ1n) is 13.8. The van der Waals surface area contributed by atoms with Gasteiger partial charge in [-0.2, -0.15) is 0 Å². The smallest absolute Gasteiger partial charge is 0.247 e. The predicted molar refractivity (Wildman–Crippen MR) is 151 cm³/mol. The maximum atomic E-state index is 14.4. The van der Waals surface area contributed by atoms with Crippen LogP contribution in [0.2, 0.25) is 0 Å². The van der Waals surface area contributed by atoms with Gasteiger partial charge in [0, 0.05) is 45.1 Å². The number of hydrogen-bond donors (Lipinski definition) is 1. The minimum Gasteiger partial charge on any atom is -0.396 e. The number of aliphatic hydroxyl groups excluding tert-OH is 1. The summed E-state index contributed by atoms with van der Waals surface area (Å²) < 4.78 is -0.588. The summed E-state index contributed by atoms with van der Waals surface area (Å²) >= 11 is 1.71. The molecule has 8 heteroatoms. The van der Waals surface area contributed by atoms with Crippen LogP contribution in [0, 0.1) is 11.8 Å². The zero-order valence-electron chi connectivity index (χ0n) is 22.5. The highest BCUT2D eigenvalue weighted by Crippen LogP contribution is 2.66. The molecule has 3 amide bonds. The number of rotatable bonds is 14. The SMILES string of the molecule is C=CCN(C)C(=O)[C@@H]1[C@@H]2CCC3(S2)C(C(=O)N(CC=C)Cc2ccccc2)N(CCCCCCO)C(=O)[C@H]13.